The normalized spacial score (nSPS) is 11.1. The molecule has 3 aromatic carbocycles. The fourth-order valence-corrected chi connectivity index (χ4v) is 6.47. The molecule has 0 atom stereocenters. The third kappa shape index (κ3) is 7.11. The fourth-order valence-electron chi connectivity index (χ4n) is 6.47. The zero-order valence-corrected chi connectivity index (χ0v) is 26.5. The highest BCUT2D eigenvalue weighted by molar-refractivity contribution is 6.58. The van der Waals surface area contributed by atoms with Crippen molar-refractivity contribution in [1.29, 1.82) is 0 Å². The van der Waals surface area contributed by atoms with E-state index >= 15 is 0 Å². The van der Waals surface area contributed by atoms with Crippen molar-refractivity contribution in [2.45, 2.75) is 26.2 Å². The van der Waals surface area contributed by atoms with Crippen molar-refractivity contribution in [3.8, 4) is 5.75 Å². The first kappa shape index (κ1) is 31.2. The molecule has 0 aliphatic heterocycles. The van der Waals surface area contributed by atoms with Crippen molar-refractivity contribution < 1.29 is 38.0 Å². The summed E-state index contributed by atoms with van der Waals surface area (Å²) in [4.78, 5) is 0. The second-order valence-electron chi connectivity index (χ2n) is 12.0. The Kier molecular flexibility index (Phi) is 9.20. The van der Waals surface area contributed by atoms with Gasteiger partial charge in [-0.15, -0.1) is 0 Å². The number of pyridine rings is 4. The number of nitrogens with zero attached hydrogens (tertiary/aromatic N) is 4. The van der Waals surface area contributed by atoms with E-state index in [0.717, 1.165) is 44.1 Å². The smallest absolute Gasteiger partial charge is 0.504 e. The van der Waals surface area contributed by atoms with Gasteiger partial charge in [0.15, 0.2) is 63.4 Å². The molecule has 0 spiro atoms. The molecule has 234 valence electrons. The number of rotatable bonds is 11. The Morgan fingerprint density at radius 2 is 0.979 bits per heavy atom. The highest BCUT2D eigenvalue weighted by atomic mass is 16.5. The van der Waals surface area contributed by atoms with Crippen molar-refractivity contribution >= 4 is 42.1 Å². The second-order valence-corrected chi connectivity index (χ2v) is 12.0. The summed E-state index contributed by atoms with van der Waals surface area (Å²) in [5, 5.41) is 31.9. The first-order valence-electron chi connectivity index (χ1n) is 16.0. The van der Waals surface area contributed by atoms with E-state index in [-0.39, 0.29) is 7.69 Å². The van der Waals surface area contributed by atoms with E-state index in [1.54, 1.807) is 0 Å². The van der Waals surface area contributed by atoms with Crippen molar-refractivity contribution in [2.24, 2.45) is 0 Å². The number of hydrogen-bond acceptors (Lipinski definition) is 4. The van der Waals surface area contributed by atoms with E-state index < -0.39 is 7.12 Å². The van der Waals surface area contributed by atoms with Crippen LogP contribution in [0.5, 0.6) is 5.75 Å². The molecule has 0 fully saturated rings. The number of fused-ring (bicyclic) bond motifs is 3. The zero-order chi connectivity index (χ0) is 32.9. The van der Waals surface area contributed by atoms with Gasteiger partial charge >= 0.3 is 14.8 Å². The Balaban J connectivity index is 1.22. The maximum Gasteiger partial charge on any atom is 0.504 e. The first-order valence-corrected chi connectivity index (χ1v) is 16.0. The Labute approximate surface area is 280 Å². The van der Waals surface area contributed by atoms with Crippen LogP contribution in [0.4, 0.5) is 0 Å². The van der Waals surface area contributed by atoms with Gasteiger partial charge in [0.1, 0.15) is 5.75 Å². The topological polar surface area (TPSA) is 85.4 Å². The summed E-state index contributed by atoms with van der Waals surface area (Å²) in [5.41, 5.74) is 6.80. The van der Waals surface area contributed by atoms with Gasteiger partial charge in [0.2, 0.25) is 11.0 Å². The quantitative estimate of drug-likeness (QED) is 0.115. The molecule has 0 aliphatic carbocycles. The minimum Gasteiger partial charge on any atom is -0.539 e. The summed E-state index contributed by atoms with van der Waals surface area (Å²) in [6.45, 7) is 2.51. The monoisotopic (exact) mass is 634 g/mol. The van der Waals surface area contributed by atoms with Crippen molar-refractivity contribution in [3.63, 3.8) is 0 Å². The van der Waals surface area contributed by atoms with E-state index in [0.29, 0.717) is 37.4 Å². The number of benzene rings is 3. The Bertz CT molecular complexity index is 2200. The average Bonchev–Trinajstić information content (AvgIpc) is 3.09. The number of aromatic nitrogens is 4. The summed E-state index contributed by atoms with van der Waals surface area (Å²) in [5.74, 6) is 0.636. The Hall–Kier alpha value is -5.41. The lowest BCUT2D eigenvalue weighted by atomic mass is 9.78. The van der Waals surface area contributed by atoms with Crippen LogP contribution in [0.1, 0.15) is 22.3 Å². The molecule has 4 heterocycles. The summed E-state index contributed by atoms with van der Waals surface area (Å²) in [6, 6.07) is 36.7. The summed E-state index contributed by atoms with van der Waals surface area (Å²) < 4.78 is 14.2. The molecule has 7 rings (SSSR count). The molecule has 8 nitrogen and oxygen atoms in total. The molecule has 0 amide bonds. The highest BCUT2D eigenvalue weighted by Crippen LogP contribution is 2.23. The van der Waals surface area contributed by atoms with Crippen LogP contribution in [0.2, 0.25) is 0 Å². The standard InChI is InChI=1S/C38H36B2N4O4/c45-39-48-34-23-31(26-42-15-5-2-6-16-42)20-32(24-34)28-44-18-8-10-36-35-9-7-17-43(37(35)11-12-38(36)44)27-30-19-29(21-33(22-30)40(46)47)25-41-13-3-1-4-14-41/h1-24,39,45-47H,25-28H2/q+4. The summed E-state index contributed by atoms with van der Waals surface area (Å²) in [7, 11) is -1.93. The minimum absolute atomic E-state index is 0.382. The van der Waals surface area contributed by atoms with Crippen molar-refractivity contribution in [1.82, 2.24) is 0 Å². The van der Waals surface area contributed by atoms with Gasteiger partial charge in [-0.2, -0.15) is 9.13 Å². The van der Waals surface area contributed by atoms with Crippen LogP contribution in [0, 0.1) is 0 Å². The fraction of sp³-hybridized carbons (Fsp3) is 0.105. The minimum atomic E-state index is -1.55. The summed E-state index contributed by atoms with van der Waals surface area (Å²) in [6.07, 6.45) is 12.2. The maximum absolute atomic E-state index is 10.1. The van der Waals surface area contributed by atoms with Crippen LogP contribution in [0.3, 0.4) is 0 Å². The highest BCUT2D eigenvalue weighted by Gasteiger charge is 2.20. The maximum atomic E-state index is 10.1. The van der Waals surface area contributed by atoms with E-state index in [1.165, 1.54) is 0 Å². The van der Waals surface area contributed by atoms with Gasteiger partial charge in [-0.3, -0.25) is 0 Å². The molecule has 0 saturated carbocycles. The Morgan fingerprint density at radius 1 is 0.521 bits per heavy atom. The predicted molar refractivity (Wildman–Crippen MR) is 184 cm³/mol. The summed E-state index contributed by atoms with van der Waals surface area (Å²) >= 11 is 0. The van der Waals surface area contributed by atoms with Crippen molar-refractivity contribution in [2.75, 3.05) is 0 Å². The van der Waals surface area contributed by atoms with Crippen LogP contribution >= 0.6 is 0 Å². The lowest BCUT2D eigenvalue weighted by Crippen LogP contribution is -2.38. The molecule has 7 aromatic rings. The van der Waals surface area contributed by atoms with Gasteiger partial charge in [0.25, 0.3) is 0 Å². The second kappa shape index (κ2) is 14.1. The predicted octanol–water partition coefficient (Wildman–Crippen LogP) is 1.65. The van der Waals surface area contributed by atoms with Gasteiger partial charge in [-0.05, 0) is 41.9 Å². The van der Waals surface area contributed by atoms with Crippen LogP contribution in [0.25, 0.3) is 21.8 Å². The third-order valence-corrected chi connectivity index (χ3v) is 8.54. The largest absolute Gasteiger partial charge is 0.539 e. The Morgan fingerprint density at radius 3 is 1.46 bits per heavy atom. The van der Waals surface area contributed by atoms with Gasteiger partial charge in [0, 0.05) is 70.8 Å². The number of hydrogen-bond donors (Lipinski definition) is 3. The van der Waals surface area contributed by atoms with Gasteiger partial charge in [-0.1, -0.05) is 24.3 Å². The molecule has 0 saturated heterocycles. The van der Waals surface area contributed by atoms with E-state index in [4.69, 9.17) is 4.65 Å². The van der Waals surface area contributed by atoms with Crippen LogP contribution in [-0.4, -0.2) is 29.9 Å². The molecule has 4 aromatic heterocycles. The van der Waals surface area contributed by atoms with E-state index in [1.807, 2.05) is 85.5 Å². The molecule has 0 bridgehead atoms. The molecule has 0 unspecified atom stereocenters. The van der Waals surface area contributed by atoms with Gasteiger partial charge in [-0.25, -0.2) is 9.13 Å². The molecule has 0 aliphatic rings. The van der Waals surface area contributed by atoms with Crippen LogP contribution in [-0.2, 0) is 26.2 Å². The molecule has 0 radical (unpaired) electrons. The molecule has 10 heteroatoms. The van der Waals surface area contributed by atoms with Gasteiger partial charge in [0.05, 0.1) is 10.8 Å². The molecular weight excluding hydrogens is 598 g/mol. The van der Waals surface area contributed by atoms with E-state index in [9.17, 15) is 15.1 Å². The average molecular weight is 634 g/mol. The van der Waals surface area contributed by atoms with Crippen LogP contribution in [0.15, 0.2) is 146 Å². The SMILES string of the molecule is OBOc1cc(C[n+]2ccccc2)cc(C[n+]2cccc3c4ccc[n+](Cc5cc(C[n+]6ccccc6)cc(B(O)O)c5)c4ccc32)c1. The lowest BCUT2D eigenvalue weighted by molar-refractivity contribution is -0.688. The van der Waals surface area contributed by atoms with Crippen LogP contribution < -0.4 is 28.4 Å². The molecule has 48 heavy (non-hydrogen) atoms. The zero-order valence-electron chi connectivity index (χ0n) is 26.5. The lowest BCUT2D eigenvalue weighted by Gasteiger charge is -2.10. The molecule has 3 N–H and O–H groups in total. The van der Waals surface area contributed by atoms with E-state index in [2.05, 4.69) is 79.2 Å². The van der Waals surface area contributed by atoms with Gasteiger partial charge < -0.3 is 19.7 Å². The first-order chi connectivity index (χ1) is 23.5. The molecular formula is C38H36B2N4O4+4. The third-order valence-electron chi connectivity index (χ3n) is 8.54. The van der Waals surface area contributed by atoms with Crippen molar-refractivity contribution in [3.05, 3.63) is 169 Å².